The van der Waals surface area contributed by atoms with Gasteiger partial charge in [-0.2, -0.15) is 0 Å². The van der Waals surface area contributed by atoms with Gasteiger partial charge >= 0.3 is 0 Å². The number of rotatable bonds is 7. The molecule has 1 amide bonds. The quantitative estimate of drug-likeness (QED) is 0.704. The third kappa shape index (κ3) is 4.77. The molecule has 1 N–H and O–H groups in total. The number of amides is 1. The summed E-state index contributed by atoms with van der Waals surface area (Å²) >= 11 is 1.67. The highest BCUT2D eigenvalue weighted by Gasteiger charge is 2.27. The van der Waals surface area contributed by atoms with Crippen LogP contribution in [0.1, 0.15) is 43.5 Å². The SMILES string of the molecule is CC1CCN([C@H](CNS(=O)(=O)c2ccc(N3CCCC3=O)cc2)c2cccs2)CC1. The molecule has 0 spiro atoms. The first-order valence-corrected chi connectivity index (χ1v) is 13.0. The fraction of sp³-hybridized carbons (Fsp3) is 0.500. The molecule has 1 aromatic carbocycles. The second kappa shape index (κ2) is 9.18. The minimum atomic E-state index is -3.63. The van der Waals surface area contributed by atoms with E-state index >= 15 is 0 Å². The van der Waals surface area contributed by atoms with Gasteiger partial charge in [0.15, 0.2) is 0 Å². The molecule has 0 aliphatic carbocycles. The minimum Gasteiger partial charge on any atom is -0.312 e. The Bertz CT molecular complexity index is 950. The van der Waals surface area contributed by atoms with E-state index in [1.165, 1.54) is 4.88 Å². The smallest absolute Gasteiger partial charge is 0.240 e. The van der Waals surface area contributed by atoms with Crippen LogP contribution in [0.4, 0.5) is 5.69 Å². The van der Waals surface area contributed by atoms with Crippen molar-refractivity contribution in [1.82, 2.24) is 9.62 Å². The third-order valence-electron chi connectivity index (χ3n) is 6.13. The van der Waals surface area contributed by atoms with E-state index in [0.717, 1.165) is 44.0 Å². The Morgan fingerprint density at radius 2 is 1.87 bits per heavy atom. The normalized spacial score (nSPS) is 20.0. The number of piperidine rings is 1. The summed E-state index contributed by atoms with van der Waals surface area (Å²) in [6, 6.07) is 10.8. The average Bonchev–Trinajstić information content (AvgIpc) is 3.42. The van der Waals surface area contributed by atoms with Gasteiger partial charge in [-0.05, 0) is 74.0 Å². The van der Waals surface area contributed by atoms with Crippen LogP contribution in [0, 0.1) is 5.92 Å². The highest BCUT2D eigenvalue weighted by Crippen LogP contribution is 2.30. The number of likely N-dealkylation sites (tertiary alicyclic amines) is 1. The van der Waals surface area contributed by atoms with Crippen molar-refractivity contribution in [2.75, 3.05) is 31.1 Å². The summed E-state index contributed by atoms with van der Waals surface area (Å²) in [5.41, 5.74) is 0.760. The zero-order valence-corrected chi connectivity index (χ0v) is 18.9. The molecule has 2 aliphatic rings. The van der Waals surface area contributed by atoms with Crippen molar-refractivity contribution in [2.24, 2.45) is 5.92 Å². The molecule has 2 aliphatic heterocycles. The van der Waals surface area contributed by atoms with Gasteiger partial charge in [0, 0.05) is 30.1 Å². The van der Waals surface area contributed by atoms with E-state index in [1.807, 2.05) is 11.4 Å². The van der Waals surface area contributed by atoms with Gasteiger partial charge in [-0.15, -0.1) is 11.3 Å². The van der Waals surface area contributed by atoms with Gasteiger partial charge in [0.05, 0.1) is 10.9 Å². The van der Waals surface area contributed by atoms with Gasteiger partial charge in [-0.25, -0.2) is 13.1 Å². The van der Waals surface area contributed by atoms with Crippen molar-refractivity contribution < 1.29 is 13.2 Å². The van der Waals surface area contributed by atoms with E-state index in [4.69, 9.17) is 0 Å². The lowest BCUT2D eigenvalue weighted by atomic mass is 9.97. The lowest BCUT2D eigenvalue weighted by Gasteiger charge is -2.36. The van der Waals surface area contributed by atoms with Crippen LogP contribution in [0.3, 0.4) is 0 Å². The van der Waals surface area contributed by atoms with Crippen LogP contribution in [0.25, 0.3) is 0 Å². The first kappa shape index (κ1) is 21.5. The standard InChI is InChI=1S/C22H29N3O3S2/c1-17-10-13-24(14-11-17)20(21-4-3-15-29-21)16-23-30(27,28)19-8-6-18(7-9-19)25-12-2-5-22(25)26/h3-4,6-9,15,17,20,23H,2,5,10-14,16H2,1H3/t20-/m1/s1. The molecule has 162 valence electrons. The lowest BCUT2D eigenvalue weighted by Crippen LogP contribution is -2.41. The molecule has 2 saturated heterocycles. The first-order valence-electron chi connectivity index (χ1n) is 10.6. The van der Waals surface area contributed by atoms with Gasteiger partial charge < -0.3 is 4.90 Å². The highest BCUT2D eigenvalue weighted by molar-refractivity contribution is 7.89. The van der Waals surface area contributed by atoms with Gasteiger partial charge in [0.1, 0.15) is 0 Å². The van der Waals surface area contributed by atoms with Crippen molar-refractivity contribution in [2.45, 2.75) is 43.5 Å². The van der Waals surface area contributed by atoms with Crippen LogP contribution in [0.2, 0.25) is 0 Å². The molecule has 8 heteroatoms. The van der Waals surface area contributed by atoms with E-state index in [9.17, 15) is 13.2 Å². The maximum Gasteiger partial charge on any atom is 0.240 e. The molecule has 2 aromatic rings. The van der Waals surface area contributed by atoms with E-state index in [1.54, 1.807) is 40.5 Å². The topological polar surface area (TPSA) is 69.7 Å². The Morgan fingerprint density at radius 3 is 2.47 bits per heavy atom. The van der Waals surface area contributed by atoms with Crippen molar-refractivity contribution in [3.8, 4) is 0 Å². The molecular formula is C22H29N3O3S2. The van der Waals surface area contributed by atoms with Crippen LogP contribution in [0.15, 0.2) is 46.7 Å². The molecule has 0 radical (unpaired) electrons. The van der Waals surface area contributed by atoms with Crippen LogP contribution in [-0.2, 0) is 14.8 Å². The number of carbonyl (C=O) groups excluding carboxylic acids is 1. The number of benzene rings is 1. The zero-order chi connectivity index (χ0) is 21.1. The molecular weight excluding hydrogens is 418 g/mol. The lowest BCUT2D eigenvalue weighted by molar-refractivity contribution is -0.117. The van der Waals surface area contributed by atoms with Crippen molar-refractivity contribution in [3.63, 3.8) is 0 Å². The predicted molar refractivity (Wildman–Crippen MR) is 120 cm³/mol. The molecule has 3 heterocycles. The van der Waals surface area contributed by atoms with E-state index < -0.39 is 10.0 Å². The number of anilines is 1. The minimum absolute atomic E-state index is 0.0498. The van der Waals surface area contributed by atoms with Crippen molar-refractivity contribution >= 4 is 33.0 Å². The van der Waals surface area contributed by atoms with Gasteiger partial charge in [-0.3, -0.25) is 9.69 Å². The Labute approximate surface area is 182 Å². The van der Waals surface area contributed by atoms with E-state index in [-0.39, 0.29) is 16.8 Å². The molecule has 4 rings (SSSR count). The predicted octanol–water partition coefficient (Wildman–Crippen LogP) is 3.63. The molecule has 0 saturated carbocycles. The third-order valence-corrected chi connectivity index (χ3v) is 8.54. The number of thiophene rings is 1. The summed E-state index contributed by atoms with van der Waals surface area (Å²) in [6.07, 6.45) is 3.69. The summed E-state index contributed by atoms with van der Waals surface area (Å²) in [7, 11) is -3.63. The molecule has 30 heavy (non-hydrogen) atoms. The van der Waals surface area contributed by atoms with Crippen LogP contribution >= 0.6 is 11.3 Å². The summed E-state index contributed by atoms with van der Waals surface area (Å²) in [6.45, 7) is 5.30. The summed E-state index contributed by atoms with van der Waals surface area (Å²) in [5, 5.41) is 2.04. The van der Waals surface area contributed by atoms with Crippen LogP contribution in [-0.4, -0.2) is 45.4 Å². The molecule has 0 unspecified atom stereocenters. The summed E-state index contributed by atoms with van der Waals surface area (Å²) in [4.78, 5) is 17.4. The first-order chi connectivity index (χ1) is 14.4. The van der Waals surface area contributed by atoms with Crippen LogP contribution in [0.5, 0.6) is 0 Å². The number of nitrogens with zero attached hydrogens (tertiary/aromatic N) is 2. The maximum atomic E-state index is 12.9. The maximum absolute atomic E-state index is 12.9. The average molecular weight is 448 g/mol. The zero-order valence-electron chi connectivity index (χ0n) is 17.3. The van der Waals surface area contributed by atoms with E-state index in [0.29, 0.717) is 19.5 Å². The molecule has 1 aromatic heterocycles. The van der Waals surface area contributed by atoms with E-state index in [2.05, 4.69) is 22.6 Å². The number of nitrogens with one attached hydrogen (secondary N) is 1. The number of carbonyl (C=O) groups is 1. The Kier molecular flexibility index (Phi) is 6.57. The highest BCUT2D eigenvalue weighted by atomic mass is 32.2. The molecule has 2 fully saturated rings. The Morgan fingerprint density at radius 1 is 1.13 bits per heavy atom. The molecule has 1 atom stereocenters. The summed E-state index contributed by atoms with van der Waals surface area (Å²) < 4.78 is 28.7. The second-order valence-corrected chi connectivity index (χ2v) is 11.0. The fourth-order valence-electron chi connectivity index (χ4n) is 4.23. The summed E-state index contributed by atoms with van der Waals surface area (Å²) in [5.74, 6) is 0.821. The van der Waals surface area contributed by atoms with Gasteiger partial charge in [0.2, 0.25) is 15.9 Å². The van der Waals surface area contributed by atoms with Crippen molar-refractivity contribution in [3.05, 3.63) is 46.7 Å². The van der Waals surface area contributed by atoms with Crippen LogP contribution < -0.4 is 9.62 Å². The van der Waals surface area contributed by atoms with Gasteiger partial charge in [-0.1, -0.05) is 13.0 Å². The number of sulfonamides is 1. The fourth-order valence-corrected chi connectivity index (χ4v) is 6.13. The van der Waals surface area contributed by atoms with Gasteiger partial charge in [0.25, 0.3) is 0 Å². The monoisotopic (exact) mass is 447 g/mol. The largest absolute Gasteiger partial charge is 0.312 e. The molecule has 6 nitrogen and oxygen atoms in total. The molecule has 0 bridgehead atoms. The number of hydrogen-bond acceptors (Lipinski definition) is 5. The number of hydrogen-bond donors (Lipinski definition) is 1. The second-order valence-electron chi connectivity index (χ2n) is 8.24. The Hall–Kier alpha value is -1.74. The Balaban J connectivity index is 1.45. The van der Waals surface area contributed by atoms with Crippen molar-refractivity contribution in [1.29, 1.82) is 0 Å².